The average molecular weight is 300 g/mol. The molecule has 0 aliphatic heterocycles. The van der Waals surface area contributed by atoms with Crippen LogP contribution in [0, 0.1) is 6.92 Å². The Morgan fingerprint density at radius 3 is 2.50 bits per heavy atom. The van der Waals surface area contributed by atoms with Crippen molar-refractivity contribution >= 4 is 15.9 Å². The summed E-state index contributed by atoms with van der Waals surface area (Å²) in [4.78, 5) is 3.90. The van der Waals surface area contributed by atoms with Gasteiger partial charge in [0.15, 0.2) is 5.75 Å². The average Bonchev–Trinajstić information content (AvgIpc) is 2.16. The fourth-order valence-corrected chi connectivity index (χ4v) is 1.52. The summed E-state index contributed by atoms with van der Waals surface area (Å²) in [6, 6.07) is 1.25. The molecule has 0 atom stereocenters. The van der Waals surface area contributed by atoms with Crippen molar-refractivity contribution in [3.63, 3.8) is 0 Å². The van der Waals surface area contributed by atoms with Gasteiger partial charge in [-0.2, -0.15) is 0 Å². The smallest absolute Gasteiger partial charge is 0.481 e. The summed E-state index contributed by atoms with van der Waals surface area (Å²) in [5, 5.41) is 0.148. The van der Waals surface area contributed by atoms with Gasteiger partial charge in [0.25, 0.3) is 0 Å². The Morgan fingerprint density at radius 1 is 1.44 bits per heavy atom. The van der Waals surface area contributed by atoms with E-state index in [1.807, 2.05) is 0 Å². The lowest BCUT2D eigenvalue weighted by Crippen LogP contribution is -2.18. The van der Waals surface area contributed by atoms with Gasteiger partial charge in [-0.05, 0) is 13.0 Å². The number of alkyl halides is 4. The summed E-state index contributed by atoms with van der Waals surface area (Å²) < 4.78 is 45.0. The summed E-state index contributed by atoms with van der Waals surface area (Å²) in [6.07, 6.45) is -4.72. The van der Waals surface area contributed by atoms with Crippen molar-refractivity contribution in [2.45, 2.75) is 18.6 Å². The second-order valence-corrected chi connectivity index (χ2v) is 3.50. The predicted molar refractivity (Wildman–Crippen MR) is 54.8 cm³/mol. The van der Waals surface area contributed by atoms with Crippen LogP contribution in [-0.2, 0) is 5.33 Å². The number of nitrogens with zero attached hydrogens (tertiary/aromatic N) is 1. The van der Waals surface area contributed by atoms with Gasteiger partial charge >= 0.3 is 6.36 Å². The Hall–Kier alpha value is -0.980. The highest BCUT2D eigenvalue weighted by Gasteiger charge is 2.32. The SMILES string of the molecule is COc1nc(CBr)c(OC(F)(F)F)cc1C. The monoisotopic (exact) mass is 299 g/mol. The molecule has 1 aromatic rings. The normalized spacial score (nSPS) is 11.4. The minimum absolute atomic E-state index is 0.139. The second kappa shape index (κ2) is 4.90. The number of aromatic nitrogens is 1. The van der Waals surface area contributed by atoms with Crippen molar-refractivity contribution < 1.29 is 22.6 Å². The van der Waals surface area contributed by atoms with E-state index in [1.165, 1.54) is 13.2 Å². The number of halogens is 4. The van der Waals surface area contributed by atoms with Crippen molar-refractivity contribution in [1.82, 2.24) is 4.98 Å². The van der Waals surface area contributed by atoms with Crippen LogP contribution in [0.3, 0.4) is 0 Å². The lowest BCUT2D eigenvalue weighted by atomic mass is 10.2. The van der Waals surface area contributed by atoms with Gasteiger partial charge in [-0.3, -0.25) is 0 Å². The van der Waals surface area contributed by atoms with Crippen LogP contribution in [0.1, 0.15) is 11.3 Å². The number of rotatable bonds is 3. The third-order valence-corrected chi connectivity index (χ3v) is 2.28. The summed E-state index contributed by atoms with van der Waals surface area (Å²) in [6.45, 7) is 1.59. The van der Waals surface area contributed by atoms with Crippen molar-refractivity contribution in [2.24, 2.45) is 0 Å². The van der Waals surface area contributed by atoms with Crippen LogP contribution in [0.25, 0.3) is 0 Å². The van der Waals surface area contributed by atoms with Crippen molar-refractivity contribution in [3.8, 4) is 11.6 Å². The van der Waals surface area contributed by atoms with E-state index in [0.717, 1.165) is 0 Å². The van der Waals surface area contributed by atoms with E-state index >= 15 is 0 Å². The highest BCUT2D eigenvalue weighted by atomic mass is 79.9. The fraction of sp³-hybridized carbons (Fsp3) is 0.444. The third kappa shape index (κ3) is 3.26. The molecule has 0 radical (unpaired) electrons. The molecule has 1 heterocycles. The molecule has 7 heteroatoms. The Balaban J connectivity index is 3.13. The van der Waals surface area contributed by atoms with Gasteiger partial charge in [0.1, 0.15) is 0 Å². The third-order valence-electron chi connectivity index (χ3n) is 1.75. The maximum atomic E-state index is 12.1. The maximum Gasteiger partial charge on any atom is 0.573 e. The molecule has 1 rings (SSSR count). The molecule has 0 saturated heterocycles. The lowest BCUT2D eigenvalue weighted by molar-refractivity contribution is -0.275. The first-order chi connectivity index (χ1) is 7.37. The van der Waals surface area contributed by atoms with Crippen LogP contribution in [0.2, 0.25) is 0 Å². The molecule has 16 heavy (non-hydrogen) atoms. The van der Waals surface area contributed by atoms with Crippen LogP contribution >= 0.6 is 15.9 Å². The molecular weight excluding hydrogens is 291 g/mol. The summed E-state index contributed by atoms with van der Waals surface area (Å²) in [5.41, 5.74) is 0.617. The van der Waals surface area contributed by atoms with E-state index in [4.69, 9.17) is 4.74 Å². The summed E-state index contributed by atoms with van der Waals surface area (Å²) in [5.74, 6) is -0.0355. The molecule has 0 aliphatic carbocycles. The molecule has 0 saturated carbocycles. The molecule has 0 amide bonds. The number of ether oxygens (including phenoxy) is 2. The van der Waals surface area contributed by atoms with Gasteiger partial charge in [0.2, 0.25) is 5.88 Å². The van der Waals surface area contributed by atoms with Crippen LogP contribution in [0.5, 0.6) is 11.6 Å². The Morgan fingerprint density at radius 2 is 2.06 bits per heavy atom. The first kappa shape index (κ1) is 13.1. The zero-order valence-corrected chi connectivity index (χ0v) is 10.1. The maximum absolute atomic E-state index is 12.1. The largest absolute Gasteiger partial charge is 0.573 e. The van der Waals surface area contributed by atoms with Gasteiger partial charge in [-0.15, -0.1) is 13.2 Å². The fourth-order valence-electron chi connectivity index (χ4n) is 1.12. The highest BCUT2D eigenvalue weighted by Crippen LogP contribution is 2.30. The molecular formula is C9H9BrF3NO2. The number of pyridine rings is 1. The molecule has 90 valence electrons. The minimum Gasteiger partial charge on any atom is -0.481 e. The molecule has 0 unspecified atom stereocenters. The molecule has 0 aliphatic rings. The van der Waals surface area contributed by atoms with E-state index in [0.29, 0.717) is 5.56 Å². The van der Waals surface area contributed by atoms with E-state index in [2.05, 4.69) is 25.7 Å². The minimum atomic E-state index is -4.72. The van der Waals surface area contributed by atoms with E-state index < -0.39 is 6.36 Å². The standard InChI is InChI=1S/C9H9BrF3NO2/c1-5-3-7(16-9(11,12)13)6(4-10)14-8(5)15-2/h3H,4H2,1-2H3. The zero-order valence-electron chi connectivity index (χ0n) is 8.56. The molecule has 3 nitrogen and oxygen atoms in total. The quantitative estimate of drug-likeness (QED) is 0.803. The van der Waals surface area contributed by atoms with Crippen LogP contribution < -0.4 is 9.47 Å². The van der Waals surface area contributed by atoms with E-state index in [1.54, 1.807) is 6.92 Å². The first-order valence-corrected chi connectivity index (χ1v) is 5.35. The Kier molecular flexibility index (Phi) is 4.01. The van der Waals surface area contributed by atoms with Crippen LogP contribution in [-0.4, -0.2) is 18.5 Å². The second-order valence-electron chi connectivity index (χ2n) is 2.94. The number of methoxy groups -OCH3 is 1. The number of hydrogen-bond donors (Lipinski definition) is 0. The molecule has 0 spiro atoms. The molecule has 0 fully saturated rings. The van der Waals surface area contributed by atoms with Gasteiger partial charge < -0.3 is 9.47 Å². The van der Waals surface area contributed by atoms with Crippen LogP contribution in [0.4, 0.5) is 13.2 Å². The lowest BCUT2D eigenvalue weighted by Gasteiger charge is -2.13. The van der Waals surface area contributed by atoms with Crippen molar-refractivity contribution in [2.75, 3.05) is 7.11 Å². The van der Waals surface area contributed by atoms with Gasteiger partial charge in [-0.25, -0.2) is 4.98 Å². The highest BCUT2D eigenvalue weighted by molar-refractivity contribution is 9.08. The van der Waals surface area contributed by atoms with Gasteiger partial charge in [0.05, 0.1) is 12.8 Å². The molecule has 0 N–H and O–H groups in total. The number of hydrogen-bond acceptors (Lipinski definition) is 3. The predicted octanol–water partition coefficient (Wildman–Crippen LogP) is 3.19. The molecule has 0 bridgehead atoms. The number of aryl methyl sites for hydroxylation is 1. The Bertz CT molecular complexity index is 382. The van der Waals surface area contributed by atoms with Crippen LogP contribution in [0.15, 0.2) is 6.07 Å². The van der Waals surface area contributed by atoms with Crippen molar-refractivity contribution in [1.29, 1.82) is 0 Å². The van der Waals surface area contributed by atoms with Gasteiger partial charge in [-0.1, -0.05) is 15.9 Å². The van der Waals surface area contributed by atoms with Crippen molar-refractivity contribution in [3.05, 3.63) is 17.3 Å². The molecule has 1 aromatic heterocycles. The summed E-state index contributed by atoms with van der Waals surface area (Å²) >= 11 is 3.04. The molecule has 0 aromatic carbocycles. The van der Waals surface area contributed by atoms with E-state index in [-0.39, 0.29) is 22.7 Å². The van der Waals surface area contributed by atoms with E-state index in [9.17, 15) is 13.2 Å². The summed E-state index contributed by atoms with van der Waals surface area (Å²) in [7, 11) is 1.40. The topological polar surface area (TPSA) is 31.4 Å². The first-order valence-electron chi connectivity index (χ1n) is 4.23. The Labute approximate surface area is 98.7 Å². The van der Waals surface area contributed by atoms with Gasteiger partial charge in [0, 0.05) is 10.9 Å². The zero-order chi connectivity index (χ0) is 12.3.